The van der Waals surface area contributed by atoms with E-state index in [9.17, 15) is 4.79 Å². The second kappa shape index (κ2) is 11.0. The number of amidine groups is 2. The molecule has 0 bridgehead atoms. The number of para-hydroxylation sites is 1. The number of nitrogens with zero attached hydrogens (tertiary/aromatic N) is 3. The third kappa shape index (κ3) is 5.52. The van der Waals surface area contributed by atoms with E-state index in [2.05, 4.69) is 10.1 Å². The molecular weight excluding hydrogens is 488 g/mol. The molecule has 1 N–H and O–H groups in total. The van der Waals surface area contributed by atoms with Crippen LogP contribution in [0, 0.1) is 12.3 Å². The number of thioether (sulfide) groups is 1. The van der Waals surface area contributed by atoms with Crippen molar-refractivity contribution in [3.05, 3.63) is 58.1 Å². The Labute approximate surface area is 213 Å². The number of aliphatic imine (C=N–C) groups is 1. The first-order chi connectivity index (χ1) is 16.9. The molecular formula is C25H25ClN4O4S. The fraction of sp³-hybridized carbons (Fsp3) is 0.280. The van der Waals surface area contributed by atoms with Gasteiger partial charge < -0.3 is 14.2 Å². The highest BCUT2D eigenvalue weighted by molar-refractivity contribution is 8.26. The van der Waals surface area contributed by atoms with E-state index in [4.69, 9.17) is 31.2 Å². The quantitative estimate of drug-likeness (QED) is 0.350. The number of fused-ring (bicyclic) bond motifs is 1. The molecule has 35 heavy (non-hydrogen) atoms. The van der Waals surface area contributed by atoms with Gasteiger partial charge in [0.05, 0.1) is 17.2 Å². The van der Waals surface area contributed by atoms with Crippen molar-refractivity contribution in [2.24, 2.45) is 10.1 Å². The first-order valence-electron chi connectivity index (χ1n) is 11.2. The molecule has 8 nitrogen and oxygen atoms in total. The van der Waals surface area contributed by atoms with Gasteiger partial charge in [-0.2, -0.15) is 15.1 Å². The topological polar surface area (TPSA) is 96.6 Å². The van der Waals surface area contributed by atoms with Gasteiger partial charge in [-0.25, -0.2) is 0 Å². The van der Waals surface area contributed by atoms with Crippen LogP contribution in [0.25, 0.3) is 6.08 Å². The zero-order valence-electron chi connectivity index (χ0n) is 19.6. The van der Waals surface area contributed by atoms with Crippen LogP contribution in [-0.2, 0) is 4.79 Å². The lowest BCUT2D eigenvalue weighted by Gasteiger charge is -2.20. The van der Waals surface area contributed by atoms with Crippen molar-refractivity contribution in [3.8, 4) is 17.2 Å². The number of hydrogen-bond acceptors (Lipinski definition) is 7. The van der Waals surface area contributed by atoms with Crippen molar-refractivity contribution in [1.82, 2.24) is 5.01 Å². The summed E-state index contributed by atoms with van der Waals surface area (Å²) in [6.07, 6.45) is 2.26. The van der Waals surface area contributed by atoms with Crippen molar-refractivity contribution >= 4 is 51.4 Å². The van der Waals surface area contributed by atoms with Crippen molar-refractivity contribution in [3.63, 3.8) is 0 Å². The summed E-state index contributed by atoms with van der Waals surface area (Å²) < 4.78 is 17.4. The van der Waals surface area contributed by atoms with Crippen LogP contribution in [0.4, 0.5) is 0 Å². The molecule has 2 aliphatic rings. The predicted molar refractivity (Wildman–Crippen MR) is 140 cm³/mol. The summed E-state index contributed by atoms with van der Waals surface area (Å²) in [5.41, 5.74) is 1.75. The Morgan fingerprint density at radius 1 is 1.11 bits per heavy atom. The van der Waals surface area contributed by atoms with Crippen molar-refractivity contribution in [1.29, 1.82) is 5.41 Å². The van der Waals surface area contributed by atoms with Gasteiger partial charge in [0.1, 0.15) is 24.0 Å². The molecule has 0 saturated heterocycles. The Morgan fingerprint density at radius 3 is 2.63 bits per heavy atom. The number of benzene rings is 2. The maximum Gasteiger partial charge on any atom is 0.283 e. The number of carbonyl (C=O) groups is 1. The molecule has 2 aromatic carbocycles. The number of carbonyl (C=O) groups excluding carboxylic acids is 1. The first-order valence-corrected chi connectivity index (χ1v) is 12.4. The molecule has 0 unspecified atom stereocenters. The molecule has 2 aromatic rings. The average Bonchev–Trinajstić information content (AvgIpc) is 3.25. The largest absolute Gasteiger partial charge is 0.490 e. The van der Waals surface area contributed by atoms with E-state index in [1.165, 1.54) is 16.8 Å². The lowest BCUT2D eigenvalue weighted by Crippen LogP contribution is -2.35. The van der Waals surface area contributed by atoms with E-state index in [1.807, 2.05) is 45.0 Å². The van der Waals surface area contributed by atoms with Crippen molar-refractivity contribution in [2.45, 2.75) is 27.2 Å². The highest BCUT2D eigenvalue weighted by Crippen LogP contribution is 2.38. The normalized spacial score (nSPS) is 16.2. The maximum atomic E-state index is 12.6. The summed E-state index contributed by atoms with van der Waals surface area (Å²) >= 11 is 7.83. The number of rotatable bonds is 9. The van der Waals surface area contributed by atoms with Crippen LogP contribution < -0.4 is 14.2 Å². The summed E-state index contributed by atoms with van der Waals surface area (Å²) in [4.78, 5) is 16.7. The number of hydrogen-bond donors (Lipinski definition) is 1. The molecule has 182 valence electrons. The average molecular weight is 513 g/mol. The standard InChI is InChI=1S/C25H25ClN4O4S/c1-4-21-29-30-23(27)17(24(31)28-25(30)35-21)12-16-13-18(26)22(20(14-16)32-5-2)34-11-10-33-19-9-7-6-8-15(19)3/h6-9,12-14,27H,4-5,10-11H2,1-3H3/b17-12-,27-23?. The van der Waals surface area contributed by atoms with E-state index in [1.54, 1.807) is 18.2 Å². The van der Waals surface area contributed by atoms with Crippen LogP contribution in [-0.4, -0.2) is 46.8 Å². The van der Waals surface area contributed by atoms with E-state index >= 15 is 0 Å². The van der Waals surface area contributed by atoms with Crippen LogP contribution in [0.2, 0.25) is 5.02 Å². The van der Waals surface area contributed by atoms with Gasteiger partial charge in [0, 0.05) is 0 Å². The van der Waals surface area contributed by atoms with Crippen LogP contribution in [0.1, 0.15) is 31.4 Å². The SMILES string of the molecule is CCOc1cc(/C=C2/C(=N)N3N=C(CC)SC3=NC2=O)cc(Cl)c1OCCOc1ccccc1C. The highest BCUT2D eigenvalue weighted by Gasteiger charge is 2.35. The Hall–Kier alpha value is -3.30. The molecule has 0 aliphatic carbocycles. The number of amides is 1. The van der Waals surface area contributed by atoms with Gasteiger partial charge in [-0.15, -0.1) is 0 Å². The lowest BCUT2D eigenvalue weighted by atomic mass is 10.1. The lowest BCUT2D eigenvalue weighted by molar-refractivity contribution is -0.114. The summed E-state index contributed by atoms with van der Waals surface area (Å²) in [6.45, 7) is 6.79. The molecule has 0 radical (unpaired) electrons. The number of nitrogens with one attached hydrogen (secondary N) is 1. The minimum Gasteiger partial charge on any atom is -0.490 e. The van der Waals surface area contributed by atoms with Gasteiger partial charge >= 0.3 is 0 Å². The van der Waals surface area contributed by atoms with Crippen LogP contribution in [0.5, 0.6) is 17.2 Å². The van der Waals surface area contributed by atoms with Crippen molar-refractivity contribution in [2.75, 3.05) is 19.8 Å². The molecule has 2 aliphatic heterocycles. The van der Waals surface area contributed by atoms with Crippen LogP contribution in [0.15, 0.2) is 52.1 Å². The molecule has 10 heteroatoms. The maximum absolute atomic E-state index is 12.6. The Balaban J connectivity index is 1.52. The molecule has 0 fully saturated rings. The minimum absolute atomic E-state index is 0.0290. The second-order valence-electron chi connectivity index (χ2n) is 7.59. The van der Waals surface area contributed by atoms with E-state index in [0.29, 0.717) is 46.9 Å². The predicted octanol–water partition coefficient (Wildman–Crippen LogP) is 5.53. The molecule has 0 atom stereocenters. The molecule has 0 spiro atoms. The van der Waals surface area contributed by atoms with Gasteiger partial charge in [0.25, 0.3) is 5.91 Å². The Bertz CT molecular complexity index is 1260. The van der Waals surface area contributed by atoms with Gasteiger partial charge in [-0.1, -0.05) is 36.7 Å². The molecule has 4 rings (SSSR count). The van der Waals surface area contributed by atoms with E-state index < -0.39 is 5.91 Å². The van der Waals surface area contributed by atoms with E-state index in [-0.39, 0.29) is 18.0 Å². The smallest absolute Gasteiger partial charge is 0.283 e. The fourth-order valence-corrected chi connectivity index (χ4v) is 4.53. The minimum atomic E-state index is -0.496. The number of halogens is 1. The van der Waals surface area contributed by atoms with Crippen molar-refractivity contribution < 1.29 is 19.0 Å². The van der Waals surface area contributed by atoms with Gasteiger partial charge in [-0.3, -0.25) is 10.2 Å². The third-order valence-corrected chi connectivity index (χ3v) is 6.46. The Morgan fingerprint density at radius 2 is 1.89 bits per heavy atom. The van der Waals surface area contributed by atoms with Crippen LogP contribution in [0.3, 0.4) is 0 Å². The zero-order chi connectivity index (χ0) is 24.9. The third-order valence-electron chi connectivity index (χ3n) is 5.12. The Kier molecular flexibility index (Phi) is 7.77. The van der Waals surface area contributed by atoms with Gasteiger partial charge in [-0.05, 0) is 67.4 Å². The molecule has 2 heterocycles. The summed E-state index contributed by atoms with van der Waals surface area (Å²) in [6, 6.07) is 11.1. The van der Waals surface area contributed by atoms with Gasteiger partial charge in [0.15, 0.2) is 17.3 Å². The highest BCUT2D eigenvalue weighted by atomic mass is 35.5. The fourth-order valence-electron chi connectivity index (χ4n) is 3.43. The number of hydrazone groups is 1. The summed E-state index contributed by atoms with van der Waals surface area (Å²) in [5.74, 6) is 1.10. The molecule has 0 aromatic heterocycles. The second-order valence-corrected chi connectivity index (χ2v) is 9.04. The monoisotopic (exact) mass is 512 g/mol. The first kappa shape index (κ1) is 24.8. The zero-order valence-corrected chi connectivity index (χ0v) is 21.2. The molecule has 0 saturated carbocycles. The molecule has 1 amide bonds. The van der Waals surface area contributed by atoms with Gasteiger partial charge in [0.2, 0.25) is 5.17 Å². The summed E-state index contributed by atoms with van der Waals surface area (Å²) in [5, 5.41) is 15.8. The van der Waals surface area contributed by atoms with Crippen LogP contribution >= 0.6 is 23.4 Å². The number of ether oxygens (including phenoxy) is 3. The number of aryl methyl sites for hydroxylation is 1. The van der Waals surface area contributed by atoms with E-state index in [0.717, 1.165) is 16.4 Å². The summed E-state index contributed by atoms with van der Waals surface area (Å²) in [7, 11) is 0.